The molecule has 0 unspecified atom stereocenters. The minimum absolute atomic E-state index is 0.307. The maximum absolute atomic E-state index is 11.0. The summed E-state index contributed by atoms with van der Waals surface area (Å²) in [5, 5.41) is 10.7. The Bertz CT molecular complexity index is 344. The smallest absolute Gasteiger partial charge is 0.224 e. The molecule has 6 heteroatoms. The van der Waals surface area contributed by atoms with E-state index in [1.807, 2.05) is 20.9 Å². The average molecular weight is 211 g/mol. The number of nitrogens with one attached hydrogen (secondary N) is 1. The molecule has 0 saturated carbocycles. The fourth-order valence-corrected chi connectivity index (χ4v) is 1.06. The molecule has 0 radical (unpaired) electrons. The van der Waals surface area contributed by atoms with Crippen LogP contribution in [0.25, 0.3) is 0 Å². The van der Waals surface area contributed by atoms with E-state index in [0.717, 1.165) is 5.69 Å². The molecular formula is C9H17N5O. The highest BCUT2D eigenvalue weighted by atomic mass is 16.1. The van der Waals surface area contributed by atoms with E-state index in [4.69, 9.17) is 5.73 Å². The third-order valence-corrected chi connectivity index (χ3v) is 2.35. The monoisotopic (exact) mass is 211 g/mol. The molecule has 1 amide bonds. The van der Waals surface area contributed by atoms with Gasteiger partial charge in [0.15, 0.2) is 0 Å². The highest BCUT2D eigenvalue weighted by Gasteiger charge is 2.24. The molecule has 1 rings (SSSR count). The van der Waals surface area contributed by atoms with Crippen LogP contribution < -0.4 is 11.1 Å². The second kappa shape index (κ2) is 4.39. The summed E-state index contributed by atoms with van der Waals surface area (Å²) < 4.78 is 1.68. The number of aryl methyl sites for hydroxylation is 1. The van der Waals surface area contributed by atoms with Gasteiger partial charge in [0.25, 0.3) is 0 Å². The van der Waals surface area contributed by atoms with Crippen molar-refractivity contribution in [2.45, 2.75) is 20.4 Å². The lowest BCUT2D eigenvalue weighted by atomic mass is 9.93. The number of carbonyl (C=O) groups is 1. The van der Waals surface area contributed by atoms with Crippen LogP contribution in [-0.4, -0.2) is 27.4 Å². The van der Waals surface area contributed by atoms with Crippen LogP contribution in [0.4, 0.5) is 0 Å². The predicted molar refractivity (Wildman–Crippen MR) is 55.7 cm³/mol. The molecule has 1 aromatic heterocycles. The molecule has 3 N–H and O–H groups in total. The Hall–Kier alpha value is -1.43. The van der Waals surface area contributed by atoms with Gasteiger partial charge in [-0.05, 0) is 13.8 Å². The van der Waals surface area contributed by atoms with Crippen molar-refractivity contribution in [2.24, 2.45) is 18.2 Å². The van der Waals surface area contributed by atoms with Gasteiger partial charge >= 0.3 is 0 Å². The molecule has 84 valence electrons. The topological polar surface area (TPSA) is 85.8 Å². The van der Waals surface area contributed by atoms with E-state index in [0.29, 0.717) is 13.1 Å². The van der Waals surface area contributed by atoms with Gasteiger partial charge in [0.1, 0.15) is 0 Å². The number of nitrogens with zero attached hydrogens (tertiary/aromatic N) is 3. The maximum Gasteiger partial charge on any atom is 0.224 e. The first-order valence-corrected chi connectivity index (χ1v) is 4.77. The van der Waals surface area contributed by atoms with E-state index in [1.165, 1.54) is 0 Å². The molecule has 0 fully saturated rings. The summed E-state index contributed by atoms with van der Waals surface area (Å²) in [7, 11) is 1.82. The number of hydrogen-bond donors (Lipinski definition) is 2. The maximum atomic E-state index is 11.0. The molecule has 0 bridgehead atoms. The average Bonchev–Trinajstić information content (AvgIpc) is 2.51. The fourth-order valence-electron chi connectivity index (χ4n) is 1.06. The quantitative estimate of drug-likeness (QED) is 0.682. The van der Waals surface area contributed by atoms with E-state index in [-0.39, 0.29) is 5.91 Å². The summed E-state index contributed by atoms with van der Waals surface area (Å²) in [5.41, 5.74) is 5.68. The highest BCUT2D eigenvalue weighted by Crippen LogP contribution is 2.11. The number of amides is 1. The van der Waals surface area contributed by atoms with Crippen LogP contribution in [0.15, 0.2) is 6.20 Å². The fraction of sp³-hybridized carbons (Fsp3) is 0.667. The van der Waals surface area contributed by atoms with Crippen molar-refractivity contribution in [1.29, 1.82) is 0 Å². The molecule has 0 saturated heterocycles. The van der Waals surface area contributed by atoms with E-state index < -0.39 is 5.41 Å². The van der Waals surface area contributed by atoms with Gasteiger partial charge in [-0.15, -0.1) is 5.10 Å². The number of nitrogens with two attached hydrogens (primary N) is 1. The zero-order valence-corrected chi connectivity index (χ0v) is 9.32. The Morgan fingerprint density at radius 3 is 2.80 bits per heavy atom. The summed E-state index contributed by atoms with van der Waals surface area (Å²) in [4.78, 5) is 11.0. The summed E-state index contributed by atoms with van der Waals surface area (Å²) in [6.45, 7) is 4.78. The Labute approximate surface area is 88.8 Å². The summed E-state index contributed by atoms with van der Waals surface area (Å²) >= 11 is 0. The number of rotatable bonds is 5. The minimum atomic E-state index is -0.536. The van der Waals surface area contributed by atoms with E-state index in [1.54, 1.807) is 10.9 Å². The normalized spacial score (nSPS) is 11.7. The molecule has 0 aliphatic carbocycles. The van der Waals surface area contributed by atoms with Crippen molar-refractivity contribution in [1.82, 2.24) is 20.3 Å². The summed E-state index contributed by atoms with van der Waals surface area (Å²) in [5.74, 6) is -0.307. The number of aromatic nitrogens is 3. The third kappa shape index (κ3) is 3.02. The lowest BCUT2D eigenvalue weighted by molar-refractivity contribution is -0.125. The van der Waals surface area contributed by atoms with Crippen molar-refractivity contribution in [3.05, 3.63) is 11.9 Å². The van der Waals surface area contributed by atoms with Crippen LogP contribution >= 0.6 is 0 Å². The Kier molecular flexibility index (Phi) is 3.41. The molecule has 0 aromatic carbocycles. The van der Waals surface area contributed by atoms with Crippen molar-refractivity contribution in [3.8, 4) is 0 Å². The molecule has 15 heavy (non-hydrogen) atoms. The molecule has 1 aromatic rings. The van der Waals surface area contributed by atoms with Crippen molar-refractivity contribution >= 4 is 5.91 Å². The molecule has 0 atom stereocenters. The first-order valence-electron chi connectivity index (χ1n) is 4.77. The van der Waals surface area contributed by atoms with E-state index >= 15 is 0 Å². The predicted octanol–water partition coefficient (Wildman–Crippen LogP) is -0.584. The molecule has 1 heterocycles. The largest absolute Gasteiger partial charge is 0.369 e. The first-order chi connectivity index (χ1) is 6.93. The highest BCUT2D eigenvalue weighted by molar-refractivity contribution is 5.80. The van der Waals surface area contributed by atoms with Gasteiger partial charge < -0.3 is 11.1 Å². The van der Waals surface area contributed by atoms with Crippen LogP contribution in [0, 0.1) is 5.41 Å². The van der Waals surface area contributed by atoms with Gasteiger partial charge in [-0.2, -0.15) is 0 Å². The van der Waals surface area contributed by atoms with E-state index in [2.05, 4.69) is 15.6 Å². The lowest BCUT2D eigenvalue weighted by Crippen LogP contribution is -2.40. The standard InChI is InChI=1S/C9H17N5O/c1-9(2,8(10)15)6-11-4-7-5-12-13-14(7)3/h5,11H,4,6H2,1-3H3,(H2,10,15). The number of primary amides is 1. The Morgan fingerprint density at radius 1 is 1.67 bits per heavy atom. The van der Waals surface area contributed by atoms with Gasteiger partial charge in [-0.25, -0.2) is 0 Å². The van der Waals surface area contributed by atoms with Crippen molar-refractivity contribution in [3.63, 3.8) is 0 Å². The molecule has 0 spiro atoms. The van der Waals surface area contributed by atoms with Crippen LogP contribution in [0.5, 0.6) is 0 Å². The molecular weight excluding hydrogens is 194 g/mol. The van der Waals surface area contributed by atoms with E-state index in [9.17, 15) is 4.79 Å². The minimum Gasteiger partial charge on any atom is -0.369 e. The van der Waals surface area contributed by atoms with Crippen molar-refractivity contribution in [2.75, 3.05) is 6.54 Å². The SMILES string of the molecule is Cn1nncc1CNCC(C)(C)C(N)=O. The van der Waals surface area contributed by atoms with Gasteiger partial charge in [-0.1, -0.05) is 5.21 Å². The second-order valence-corrected chi connectivity index (χ2v) is 4.20. The number of hydrogen-bond acceptors (Lipinski definition) is 4. The molecule has 0 aliphatic heterocycles. The van der Waals surface area contributed by atoms with Gasteiger partial charge in [-0.3, -0.25) is 9.48 Å². The van der Waals surface area contributed by atoms with Crippen LogP contribution in [0.3, 0.4) is 0 Å². The first kappa shape index (κ1) is 11.6. The second-order valence-electron chi connectivity index (χ2n) is 4.20. The molecule has 0 aliphatic rings. The lowest BCUT2D eigenvalue weighted by Gasteiger charge is -2.20. The Morgan fingerprint density at radius 2 is 2.33 bits per heavy atom. The number of carbonyl (C=O) groups excluding carboxylic acids is 1. The van der Waals surface area contributed by atoms with Crippen molar-refractivity contribution < 1.29 is 4.79 Å². The summed E-state index contributed by atoms with van der Waals surface area (Å²) in [6, 6.07) is 0. The zero-order valence-electron chi connectivity index (χ0n) is 9.32. The Balaban J connectivity index is 2.40. The van der Waals surface area contributed by atoms with Crippen LogP contribution in [0.2, 0.25) is 0 Å². The third-order valence-electron chi connectivity index (χ3n) is 2.35. The zero-order chi connectivity index (χ0) is 11.5. The van der Waals surface area contributed by atoms with Gasteiger partial charge in [0, 0.05) is 20.1 Å². The van der Waals surface area contributed by atoms with Crippen LogP contribution in [0.1, 0.15) is 19.5 Å². The van der Waals surface area contributed by atoms with Crippen LogP contribution in [-0.2, 0) is 18.4 Å². The molecule has 6 nitrogen and oxygen atoms in total. The van der Waals surface area contributed by atoms with Gasteiger partial charge in [0.2, 0.25) is 5.91 Å². The summed E-state index contributed by atoms with van der Waals surface area (Å²) in [6.07, 6.45) is 1.68. The van der Waals surface area contributed by atoms with Gasteiger partial charge in [0.05, 0.1) is 17.3 Å².